The van der Waals surface area contributed by atoms with E-state index in [1.165, 1.54) is 19.3 Å². The van der Waals surface area contributed by atoms with Crippen LogP contribution in [0.3, 0.4) is 0 Å². The normalized spacial score (nSPS) is 19.6. The molecule has 1 aliphatic heterocycles. The summed E-state index contributed by atoms with van der Waals surface area (Å²) in [5, 5.41) is 2.71. The van der Waals surface area contributed by atoms with Gasteiger partial charge in [-0.05, 0) is 6.42 Å². The highest BCUT2D eigenvalue weighted by atomic mass is 16.5. The van der Waals surface area contributed by atoms with Crippen LogP contribution in [0.2, 0.25) is 0 Å². The van der Waals surface area contributed by atoms with Gasteiger partial charge in [0.15, 0.2) is 0 Å². The zero-order valence-corrected chi connectivity index (χ0v) is 9.96. The van der Waals surface area contributed by atoms with Crippen molar-refractivity contribution < 1.29 is 14.3 Å². The van der Waals surface area contributed by atoms with E-state index >= 15 is 0 Å². The van der Waals surface area contributed by atoms with Gasteiger partial charge in [-0.2, -0.15) is 0 Å². The molecule has 0 aromatic carbocycles. The number of amides is 1. The van der Waals surface area contributed by atoms with Crippen molar-refractivity contribution >= 4 is 11.9 Å². The molecule has 1 heterocycles. The van der Waals surface area contributed by atoms with Crippen molar-refractivity contribution in [1.29, 1.82) is 0 Å². The van der Waals surface area contributed by atoms with Crippen LogP contribution in [0.1, 0.15) is 51.9 Å². The summed E-state index contributed by atoms with van der Waals surface area (Å²) < 4.78 is 4.77. The highest BCUT2D eigenvalue weighted by Crippen LogP contribution is 2.08. The van der Waals surface area contributed by atoms with Crippen LogP contribution in [0.25, 0.3) is 0 Å². The maximum Gasteiger partial charge on any atom is 0.328 e. The minimum Gasteiger partial charge on any atom is -0.464 e. The highest BCUT2D eigenvalue weighted by molar-refractivity contribution is 5.85. The second-order valence-electron chi connectivity index (χ2n) is 4.24. The molecule has 16 heavy (non-hydrogen) atoms. The Kier molecular flexibility index (Phi) is 5.90. The number of rotatable bonds is 7. The topological polar surface area (TPSA) is 55.4 Å². The van der Waals surface area contributed by atoms with Crippen molar-refractivity contribution in [1.82, 2.24) is 5.32 Å². The first-order valence-corrected chi connectivity index (χ1v) is 6.20. The number of ether oxygens (including phenoxy) is 1. The van der Waals surface area contributed by atoms with Gasteiger partial charge in [-0.15, -0.1) is 0 Å². The van der Waals surface area contributed by atoms with E-state index < -0.39 is 6.04 Å². The van der Waals surface area contributed by atoms with E-state index in [2.05, 4.69) is 12.2 Å². The number of esters is 1. The molecule has 1 fully saturated rings. The number of carbonyl (C=O) groups excluding carboxylic acids is 2. The molecule has 1 rings (SSSR count). The molecule has 0 radical (unpaired) electrons. The molecule has 1 amide bonds. The van der Waals surface area contributed by atoms with Gasteiger partial charge in [0, 0.05) is 12.8 Å². The SMILES string of the molecule is CCCCCCCC(=O)N[C@@H]1CCOC1=O. The molecule has 1 N–H and O–H groups in total. The third-order valence-electron chi connectivity index (χ3n) is 2.78. The largest absolute Gasteiger partial charge is 0.464 e. The van der Waals surface area contributed by atoms with Crippen molar-refractivity contribution in [3.8, 4) is 0 Å². The van der Waals surface area contributed by atoms with E-state index in [1.807, 2.05) is 0 Å². The Balaban J connectivity index is 2.04. The fourth-order valence-corrected chi connectivity index (χ4v) is 1.78. The maximum atomic E-state index is 11.5. The molecule has 0 bridgehead atoms. The smallest absolute Gasteiger partial charge is 0.328 e. The van der Waals surface area contributed by atoms with Crippen LogP contribution in [0.5, 0.6) is 0 Å². The molecule has 0 aliphatic carbocycles. The van der Waals surface area contributed by atoms with E-state index in [4.69, 9.17) is 4.74 Å². The summed E-state index contributed by atoms with van der Waals surface area (Å²) >= 11 is 0. The summed E-state index contributed by atoms with van der Waals surface area (Å²) in [6, 6.07) is -0.400. The highest BCUT2D eigenvalue weighted by Gasteiger charge is 2.27. The van der Waals surface area contributed by atoms with Crippen LogP contribution >= 0.6 is 0 Å². The molecular formula is C12H21NO3. The van der Waals surface area contributed by atoms with Crippen LogP contribution in [-0.2, 0) is 14.3 Å². The predicted molar refractivity (Wildman–Crippen MR) is 60.9 cm³/mol. The van der Waals surface area contributed by atoms with Gasteiger partial charge >= 0.3 is 5.97 Å². The molecule has 4 heteroatoms. The van der Waals surface area contributed by atoms with Gasteiger partial charge in [-0.25, -0.2) is 4.79 Å². The lowest BCUT2D eigenvalue weighted by atomic mass is 10.1. The Morgan fingerprint density at radius 1 is 1.38 bits per heavy atom. The van der Waals surface area contributed by atoms with Crippen molar-refractivity contribution in [3.63, 3.8) is 0 Å². The Morgan fingerprint density at radius 2 is 2.12 bits per heavy atom. The maximum absolute atomic E-state index is 11.5. The van der Waals surface area contributed by atoms with E-state index in [1.54, 1.807) is 0 Å². The lowest BCUT2D eigenvalue weighted by Gasteiger charge is -2.08. The average Bonchev–Trinajstić information content (AvgIpc) is 2.64. The molecule has 1 saturated heterocycles. The lowest BCUT2D eigenvalue weighted by molar-refractivity contribution is -0.141. The van der Waals surface area contributed by atoms with Gasteiger partial charge < -0.3 is 10.1 Å². The molecule has 4 nitrogen and oxygen atoms in total. The minimum absolute atomic E-state index is 0.0275. The lowest BCUT2D eigenvalue weighted by Crippen LogP contribution is -2.37. The van der Waals surface area contributed by atoms with Crippen LogP contribution in [0.4, 0.5) is 0 Å². The van der Waals surface area contributed by atoms with Crippen molar-refractivity contribution in [2.75, 3.05) is 6.61 Å². The minimum atomic E-state index is -0.400. The number of nitrogens with one attached hydrogen (secondary N) is 1. The van der Waals surface area contributed by atoms with Crippen LogP contribution in [-0.4, -0.2) is 24.5 Å². The molecule has 92 valence electrons. The van der Waals surface area contributed by atoms with Crippen LogP contribution < -0.4 is 5.32 Å². The molecule has 1 aliphatic rings. The number of hydrogen-bond acceptors (Lipinski definition) is 3. The third kappa shape index (κ3) is 4.64. The van der Waals surface area contributed by atoms with Gasteiger partial charge in [0.2, 0.25) is 5.91 Å². The van der Waals surface area contributed by atoms with Gasteiger partial charge in [0.05, 0.1) is 6.61 Å². The Bertz CT molecular complexity index is 240. The van der Waals surface area contributed by atoms with Crippen molar-refractivity contribution in [3.05, 3.63) is 0 Å². The second-order valence-corrected chi connectivity index (χ2v) is 4.24. The Morgan fingerprint density at radius 3 is 2.75 bits per heavy atom. The zero-order valence-electron chi connectivity index (χ0n) is 9.96. The number of hydrogen-bond donors (Lipinski definition) is 1. The molecular weight excluding hydrogens is 206 g/mol. The second kappa shape index (κ2) is 7.25. The standard InChI is InChI=1S/C12H21NO3/c1-2-3-4-5-6-7-11(14)13-10-8-9-16-12(10)15/h10H,2-9H2,1H3,(H,13,14)/t10-/m1/s1. The number of cyclic esters (lactones) is 1. The average molecular weight is 227 g/mol. The van der Waals surface area contributed by atoms with Crippen LogP contribution in [0, 0.1) is 0 Å². The monoisotopic (exact) mass is 227 g/mol. The first-order valence-electron chi connectivity index (χ1n) is 6.20. The molecule has 0 aromatic heterocycles. The summed E-state index contributed by atoms with van der Waals surface area (Å²) in [6.45, 7) is 2.60. The van der Waals surface area contributed by atoms with Gasteiger partial charge in [-0.3, -0.25) is 4.79 Å². The molecule has 0 saturated carbocycles. The summed E-state index contributed by atoms with van der Waals surface area (Å²) in [5.74, 6) is -0.320. The van der Waals surface area contributed by atoms with Gasteiger partial charge in [0.1, 0.15) is 6.04 Å². The van der Waals surface area contributed by atoms with E-state index in [0.717, 1.165) is 12.8 Å². The van der Waals surface area contributed by atoms with E-state index in [9.17, 15) is 9.59 Å². The molecule has 0 aromatic rings. The summed E-state index contributed by atoms with van der Waals surface area (Å²) in [6.07, 6.45) is 6.77. The molecule has 0 unspecified atom stereocenters. The van der Waals surface area contributed by atoms with Crippen molar-refractivity contribution in [2.24, 2.45) is 0 Å². The predicted octanol–water partition coefficient (Wildman–Crippen LogP) is 1.78. The van der Waals surface area contributed by atoms with Crippen molar-refractivity contribution in [2.45, 2.75) is 57.9 Å². The molecule has 1 atom stereocenters. The first kappa shape index (κ1) is 13.0. The zero-order chi connectivity index (χ0) is 11.8. The summed E-state index contributed by atoms with van der Waals surface area (Å²) in [4.78, 5) is 22.5. The van der Waals surface area contributed by atoms with Gasteiger partial charge in [0.25, 0.3) is 0 Å². The summed E-state index contributed by atoms with van der Waals surface area (Å²) in [5.41, 5.74) is 0. The fraction of sp³-hybridized carbons (Fsp3) is 0.833. The third-order valence-corrected chi connectivity index (χ3v) is 2.78. The van der Waals surface area contributed by atoms with Gasteiger partial charge in [-0.1, -0.05) is 32.6 Å². The summed E-state index contributed by atoms with van der Waals surface area (Å²) in [7, 11) is 0. The first-order chi connectivity index (χ1) is 7.74. The quantitative estimate of drug-likeness (QED) is 0.533. The molecule has 0 spiro atoms. The van der Waals surface area contributed by atoms with E-state index in [-0.39, 0.29) is 11.9 Å². The fourth-order valence-electron chi connectivity index (χ4n) is 1.78. The Hall–Kier alpha value is -1.06. The number of carbonyl (C=O) groups is 2. The Labute approximate surface area is 96.7 Å². The van der Waals surface area contributed by atoms with Crippen LogP contribution in [0.15, 0.2) is 0 Å². The number of unbranched alkanes of at least 4 members (excludes halogenated alkanes) is 4. The van der Waals surface area contributed by atoms with E-state index in [0.29, 0.717) is 19.4 Å².